The van der Waals surface area contributed by atoms with Gasteiger partial charge in [0.2, 0.25) is 0 Å². The van der Waals surface area contributed by atoms with Crippen LogP contribution in [0.2, 0.25) is 0 Å². The average Bonchev–Trinajstić information content (AvgIpc) is 2.51. The van der Waals surface area contributed by atoms with E-state index in [4.69, 9.17) is 6.42 Å². The molecular weight excluding hydrogens is 298 g/mol. The van der Waals surface area contributed by atoms with Crippen molar-refractivity contribution in [1.29, 1.82) is 0 Å². The van der Waals surface area contributed by atoms with E-state index in [0.29, 0.717) is 0 Å². The third-order valence-corrected chi connectivity index (χ3v) is 5.41. The average molecular weight is 308 g/mol. The molecule has 0 spiro atoms. The Bertz CT molecular complexity index is 496. The molecule has 0 radical (unpaired) electrons. The molecule has 0 bridgehead atoms. The molecule has 15 heavy (non-hydrogen) atoms. The summed E-state index contributed by atoms with van der Waals surface area (Å²) in [4.78, 5) is 0. The maximum Gasteiger partial charge on any atom is 0.251 e. The van der Waals surface area contributed by atoms with Crippen molar-refractivity contribution >= 4 is 37.3 Å². The van der Waals surface area contributed by atoms with E-state index in [2.05, 4.69) is 26.6 Å². The lowest BCUT2D eigenvalue weighted by Crippen LogP contribution is -2.41. The highest BCUT2D eigenvalue weighted by molar-refractivity contribution is 9.10. The fourth-order valence-corrected chi connectivity index (χ4v) is 4.05. The molecular formula is C9H10BrNO2S2. The van der Waals surface area contributed by atoms with Gasteiger partial charge in [-0.15, -0.1) is 17.8 Å². The standard InChI is InChI=1S/C9H10BrNO2S2/c1-4-9(2,3)11-15(12,13)8-5-7(10)6-14-8/h1,5-6,11H,2-3H3. The molecule has 1 heterocycles. The summed E-state index contributed by atoms with van der Waals surface area (Å²) >= 11 is 4.34. The zero-order valence-corrected chi connectivity index (χ0v) is 11.5. The number of hydrogen-bond acceptors (Lipinski definition) is 3. The number of sulfonamides is 1. The van der Waals surface area contributed by atoms with Crippen LogP contribution >= 0.6 is 27.3 Å². The van der Waals surface area contributed by atoms with E-state index in [1.165, 1.54) is 0 Å². The van der Waals surface area contributed by atoms with Gasteiger partial charge in [-0.1, -0.05) is 5.92 Å². The highest BCUT2D eigenvalue weighted by atomic mass is 79.9. The summed E-state index contributed by atoms with van der Waals surface area (Å²) in [6.07, 6.45) is 5.21. The Kier molecular flexibility index (Phi) is 3.61. The fraction of sp³-hybridized carbons (Fsp3) is 0.333. The summed E-state index contributed by atoms with van der Waals surface area (Å²) in [5.41, 5.74) is -0.880. The van der Waals surface area contributed by atoms with Gasteiger partial charge >= 0.3 is 0 Å². The Hall–Kier alpha value is -0.350. The van der Waals surface area contributed by atoms with Crippen molar-refractivity contribution in [2.45, 2.75) is 23.6 Å². The third-order valence-electron chi connectivity index (χ3n) is 1.56. The van der Waals surface area contributed by atoms with Crippen LogP contribution in [-0.2, 0) is 10.0 Å². The molecule has 0 aliphatic rings. The molecule has 0 aliphatic heterocycles. The van der Waals surface area contributed by atoms with Crippen LogP contribution in [0, 0.1) is 12.3 Å². The predicted octanol–water partition coefficient (Wildman–Crippen LogP) is 2.20. The van der Waals surface area contributed by atoms with E-state index in [1.54, 1.807) is 25.3 Å². The second-order valence-corrected chi connectivity index (χ2v) is 7.19. The van der Waals surface area contributed by atoms with Gasteiger partial charge in [0.1, 0.15) is 4.21 Å². The SMILES string of the molecule is C#CC(C)(C)NS(=O)(=O)c1cc(Br)cs1. The minimum atomic E-state index is -3.51. The number of hydrogen-bond donors (Lipinski definition) is 1. The van der Waals surface area contributed by atoms with Crippen molar-refractivity contribution in [3.63, 3.8) is 0 Å². The quantitative estimate of drug-likeness (QED) is 0.870. The molecule has 0 saturated carbocycles. The van der Waals surface area contributed by atoms with Crippen LogP contribution in [0.25, 0.3) is 0 Å². The molecule has 1 N–H and O–H groups in total. The van der Waals surface area contributed by atoms with E-state index < -0.39 is 15.6 Å². The summed E-state index contributed by atoms with van der Waals surface area (Å²) in [6, 6.07) is 1.54. The molecule has 0 aliphatic carbocycles. The van der Waals surface area contributed by atoms with Crippen LogP contribution in [0.15, 0.2) is 20.1 Å². The Morgan fingerprint density at radius 1 is 1.60 bits per heavy atom. The van der Waals surface area contributed by atoms with Crippen molar-refractivity contribution in [2.24, 2.45) is 0 Å². The zero-order valence-electron chi connectivity index (χ0n) is 8.24. The summed E-state index contributed by atoms with van der Waals surface area (Å²) < 4.78 is 27.0. The van der Waals surface area contributed by atoms with Gasteiger partial charge in [0.05, 0.1) is 5.54 Å². The van der Waals surface area contributed by atoms with Gasteiger partial charge < -0.3 is 0 Å². The summed E-state index contributed by atoms with van der Waals surface area (Å²) in [6.45, 7) is 3.26. The Morgan fingerprint density at radius 3 is 2.60 bits per heavy atom. The molecule has 0 amide bonds. The topological polar surface area (TPSA) is 46.2 Å². The lowest BCUT2D eigenvalue weighted by Gasteiger charge is -2.18. The number of thiophene rings is 1. The second kappa shape index (κ2) is 4.26. The van der Waals surface area contributed by atoms with Gasteiger partial charge in [0, 0.05) is 9.85 Å². The molecule has 3 nitrogen and oxygen atoms in total. The van der Waals surface area contributed by atoms with Gasteiger partial charge in [-0.2, -0.15) is 4.72 Å². The van der Waals surface area contributed by atoms with E-state index in [1.807, 2.05) is 0 Å². The van der Waals surface area contributed by atoms with Crippen molar-refractivity contribution in [3.8, 4) is 12.3 Å². The third kappa shape index (κ3) is 3.31. The van der Waals surface area contributed by atoms with Crippen LogP contribution in [-0.4, -0.2) is 14.0 Å². The highest BCUT2D eigenvalue weighted by Crippen LogP contribution is 2.24. The van der Waals surface area contributed by atoms with Crippen molar-refractivity contribution in [1.82, 2.24) is 4.72 Å². The normalized spacial score (nSPS) is 12.4. The van der Waals surface area contributed by atoms with Crippen molar-refractivity contribution < 1.29 is 8.42 Å². The van der Waals surface area contributed by atoms with Gasteiger partial charge in [0.15, 0.2) is 0 Å². The molecule has 0 unspecified atom stereocenters. The first-order chi connectivity index (χ1) is 6.77. The monoisotopic (exact) mass is 307 g/mol. The summed E-state index contributed by atoms with van der Waals surface area (Å²) in [5, 5.41) is 1.71. The fourth-order valence-electron chi connectivity index (χ4n) is 0.852. The first-order valence-corrected chi connectivity index (χ1v) is 7.18. The number of halogens is 1. The van der Waals surface area contributed by atoms with Crippen LogP contribution in [0.3, 0.4) is 0 Å². The molecule has 1 aromatic heterocycles. The molecule has 0 saturated heterocycles. The van der Waals surface area contributed by atoms with Crippen LogP contribution in [0.4, 0.5) is 0 Å². The number of rotatable bonds is 3. The van der Waals surface area contributed by atoms with Gasteiger partial charge in [-0.25, -0.2) is 8.42 Å². The number of nitrogens with one attached hydrogen (secondary N) is 1. The minimum Gasteiger partial charge on any atom is -0.206 e. The lowest BCUT2D eigenvalue weighted by atomic mass is 10.1. The van der Waals surface area contributed by atoms with Crippen LogP contribution in [0.1, 0.15) is 13.8 Å². The van der Waals surface area contributed by atoms with Gasteiger partial charge in [-0.3, -0.25) is 0 Å². The Morgan fingerprint density at radius 2 is 2.20 bits per heavy atom. The predicted molar refractivity (Wildman–Crippen MR) is 65.3 cm³/mol. The van der Waals surface area contributed by atoms with E-state index >= 15 is 0 Å². The second-order valence-electron chi connectivity index (χ2n) is 3.46. The van der Waals surface area contributed by atoms with E-state index in [0.717, 1.165) is 15.8 Å². The Labute approximate surface area is 102 Å². The smallest absolute Gasteiger partial charge is 0.206 e. The molecule has 1 aromatic rings. The molecule has 6 heteroatoms. The zero-order chi connectivity index (χ0) is 11.7. The van der Waals surface area contributed by atoms with Gasteiger partial charge in [-0.05, 0) is 35.8 Å². The molecule has 0 aromatic carbocycles. The lowest BCUT2D eigenvalue weighted by molar-refractivity contribution is 0.541. The van der Waals surface area contributed by atoms with Crippen molar-refractivity contribution in [2.75, 3.05) is 0 Å². The largest absolute Gasteiger partial charge is 0.251 e. The maximum atomic E-state index is 11.8. The summed E-state index contributed by atoms with van der Waals surface area (Å²) in [5.74, 6) is 2.38. The van der Waals surface area contributed by atoms with Crippen LogP contribution in [0.5, 0.6) is 0 Å². The Balaban J connectivity index is 3.01. The van der Waals surface area contributed by atoms with E-state index in [-0.39, 0.29) is 4.21 Å². The molecule has 0 fully saturated rings. The van der Waals surface area contributed by atoms with Crippen LogP contribution < -0.4 is 4.72 Å². The number of terminal acetylenes is 1. The van der Waals surface area contributed by atoms with Gasteiger partial charge in [0.25, 0.3) is 10.0 Å². The highest BCUT2D eigenvalue weighted by Gasteiger charge is 2.25. The van der Waals surface area contributed by atoms with E-state index in [9.17, 15) is 8.42 Å². The first kappa shape index (κ1) is 12.7. The molecule has 0 atom stereocenters. The maximum absolute atomic E-state index is 11.8. The first-order valence-electron chi connectivity index (χ1n) is 4.03. The molecule has 82 valence electrons. The minimum absolute atomic E-state index is 0.248. The molecule has 1 rings (SSSR count). The summed E-state index contributed by atoms with van der Waals surface area (Å²) in [7, 11) is -3.51. The van der Waals surface area contributed by atoms with Crippen molar-refractivity contribution in [3.05, 3.63) is 15.9 Å².